The molecule has 0 radical (unpaired) electrons. The molecule has 0 saturated carbocycles. The summed E-state index contributed by atoms with van der Waals surface area (Å²) in [5.74, 6) is 2.75. The van der Waals surface area contributed by atoms with E-state index in [2.05, 4.69) is 16.6 Å². The van der Waals surface area contributed by atoms with E-state index in [-0.39, 0.29) is 17.4 Å². The molecule has 0 aromatic heterocycles. The summed E-state index contributed by atoms with van der Waals surface area (Å²) in [7, 11) is 0. The Morgan fingerprint density at radius 1 is 1.69 bits per heavy atom. The lowest BCUT2D eigenvalue weighted by Gasteiger charge is -2.33. The van der Waals surface area contributed by atoms with Gasteiger partial charge in [-0.25, -0.2) is 0 Å². The molecule has 3 heteroatoms. The van der Waals surface area contributed by atoms with Crippen molar-refractivity contribution in [2.45, 2.75) is 45.6 Å². The molecule has 1 fully saturated rings. The summed E-state index contributed by atoms with van der Waals surface area (Å²) < 4.78 is 0. The Morgan fingerprint density at radius 2 is 2.44 bits per heavy atom. The molecule has 0 aromatic rings. The fourth-order valence-corrected chi connectivity index (χ4v) is 2.05. The van der Waals surface area contributed by atoms with Crippen LogP contribution in [0.25, 0.3) is 0 Å². The zero-order valence-electron chi connectivity index (χ0n) is 10.3. The van der Waals surface area contributed by atoms with Crippen LogP contribution < -0.4 is 10.6 Å². The van der Waals surface area contributed by atoms with Crippen LogP contribution in [0.2, 0.25) is 0 Å². The Bertz CT molecular complexity index is 274. The molecule has 2 unspecified atom stereocenters. The van der Waals surface area contributed by atoms with E-state index < -0.39 is 0 Å². The second kappa shape index (κ2) is 5.91. The van der Waals surface area contributed by atoms with Crippen molar-refractivity contribution in [3.8, 4) is 12.3 Å². The first-order valence-electron chi connectivity index (χ1n) is 6.07. The van der Waals surface area contributed by atoms with Gasteiger partial charge in [-0.15, -0.1) is 12.3 Å². The zero-order valence-corrected chi connectivity index (χ0v) is 10.3. The van der Waals surface area contributed by atoms with Crippen LogP contribution in [0.5, 0.6) is 0 Å². The van der Waals surface area contributed by atoms with Crippen LogP contribution in [0, 0.1) is 17.8 Å². The first-order valence-corrected chi connectivity index (χ1v) is 6.07. The molecule has 0 aliphatic carbocycles. The van der Waals surface area contributed by atoms with Gasteiger partial charge in [0.1, 0.15) is 0 Å². The highest BCUT2D eigenvalue weighted by atomic mass is 16.2. The number of amides is 1. The predicted molar refractivity (Wildman–Crippen MR) is 65.9 cm³/mol. The average Bonchev–Trinajstić information content (AvgIpc) is 2.29. The fraction of sp³-hybridized carbons (Fsp3) is 0.769. The van der Waals surface area contributed by atoms with Crippen molar-refractivity contribution in [1.29, 1.82) is 0 Å². The number of hydrogen-bond acceptors (Lipinski definition) is 2. The van der Waals surface area contributed by atoms with Crippen LogP contribution in [-0.4, -0.2) is 25.0 Å². The zero-order chi connectivity index (χ0) is 12.0. The van der Waals surface area contributed by atoms with Gasteiger partial charge in [0.05, 0.1) is 5.41 Å². The third-order valence-electron chi connectivity index (χ3n) is 3.34. The molecule has 1 rings (SSSR count). The summed E-state index contributed by atoms with van der Waals surface area (Å²) >= 11 is 0. The molecule has 3 nitrogen and oxygen atoms in total. The van der Waals surface area contributed by atoms with Crippen molar-refractivity contribution in [2.75, 3.05) is 13.1 Å². The van der Waals surface area contributed by atoms with Crippen molar-refractivity contribution in [3.63, 3.8) is 0 Å². The summed E-state index contributed by atoms with van der Waals surface area (Å²) in [5.41, 5.74) is -0.264. The highest BCUT2D eigenvalue weighted by Crippen LogP contribution is 2.25. The van der Waals surface area contributed by atoms with Crippen molar-refractivity contribution >= 4 is 5.91 Å². The van der Waals surface area contributed by atoms with Gasteiger partial charge >= 0.3 is 0 Å². The number of terminal acetylenes is 1. The van der Waals surface area contributed by atoms with Crippen molar-refractivity contribution in [1.82, 2.24) is 10.6 Å². The van der Waals surface area contributed by atoms with E-state index in [0.29, 0.717) is 6.42 Å². The van der Waals surface area contributed by atoms with Gasteiger partial charge in [0.15, 0.2) is 0 Å². The van der Waals surface area contributed by atoms with Gasteiger partial charge < -0.3 is 10.6 Å². The minimum atomic E-state index is -0.264. The van der Waals surface area contributed by atoms with Crippen LogP contribution in [0.15, 0.2) is 0 Å². The summed E-state index contributed by atoms with van der Waals surface area (Å²) in [5, 5.41) is 6.33. The second-order valence-electron chi connectivity index (χ2n) is 4.83. The van der Waals surface area contributed by atoms with Crippen LogP contribution in [0.1, 0.15) is 39.5 Å². The first kappa shape index (κ1) is 13.1. The SMILES string of the molecule is C#CCC(CC)NC(=O)C1(C)CCCNC1. The number of hydrogen-bond donors (Lipinski definition) is 2. The van der Waals surface area contributed by atoms with Crippen LogP contribution in [0.3, 0.4) is 0 Å². The fourth-order valence-electron chi connectivity index (χ4n) is 2.05. The van der Waals surface area contributed by atoms with Gasteiger partial charge in [0.25, 0.3) is 0 Å². The normalized spacial score (nSPS) is 26.8. The molecule has 0 aromatic carbocycles. The van der Waals surface area contributed by atoms with Gasteiger partial charge in [-0.3, -0.25) is 4.79 Å². The number of carbonyl (C=O) groups excluding carboxylic acids is 1. The summed E-state index contributed by atoms with van der Waals surface area (Å²) in [6.07, 6.45) is 8.81. The molecule has 1 saturated heterocycles. The van der Waals surface area contributed by atoms with E-state index in [4.69, 9.17) is 6.42 Å². The van der Waals surface area contributed by atoms with Crippen molar-refractivity contribution in [2.24, 2.45) is 5.41 Å². The summed E-state index contributed by atoms with van der Waals surface area (Å²) in [6, 6.07) is 0.122. The number of piperidine rings is 1. The van der Waals surface area contributed by atoms with Crippen LogP contribution in [0.4, 0.5) is 0 Å². The van der Waals surface area contributed by atoms with E-state index in [9.17, 15) is 4.79 Å². The lowest BCUT2D eigenvalue weighted by Crippen LogP contribution is -2.51. The number of carbonyl (C=O) groups is 1. The number of rotatable bonds is 4. The molecule has 2 atom stereocenters. The van der Waals surface area contributed by atoms with E-state index in [0.717, 1.165) is 32.4 Å². The van der Waals surface area contributed by atoms with E-state index in [1.54, 1.807) is 0 Å². The Labute approximate surface area is 98.4 Å². The molecule has 0 spiro atoms. The van der Waals surface area contributed by atoms with Crippen LogP contribution >= 0.6 is 0 Å². The Balaban J connectivity index is 2.52. The summed E-state index contributed by atoms with van der Waals surface area (Å²) in [4.78, 5) is 12.1. The maximum atomic E-state index is 12.1. The standard InChI is InChI=1S/C13H22N2O/c1-4-7-11(5-2)15-12(16)13(3)8-6-9-14-10-13/h1,11,14H,5-10H2,2-3H3,(H,15,16). The van der Waals surface area contributed by atoms with Gasteiger partial charge in [-0.1, -0.05) is 6.92 Å². The van der Waals surface area contributed by atoms with Gasteiger partial charge in [-0.2, -0.15) is 0 Å². The predicted octanol–water partition coefficient (Wildman–Crippen LogP) is 1.29. The molecule has 1 amide bonds. The van der Waals surface area contributed by atoms with E-state index >= 15 is 0 Å². The van der Waals surface area contributed by atoms with Gasteiger partial charge in [0.2, 0.25) is 5.91 Å². The van der Waals surface area contributed by atoms with Gasteiger partial charge in [-0.05, 0) is 32.7 Å². The quantitative estimate of drug-likeness (QED) is 0.704. The molecular formula is C13H22N2O. The molecule has 1 heterocycles. The second-order valence-corrected chi connectivity index (χ2v) is 4.83. The van der Waals surface area contributed by atoms with Crippen molar-refractivity contribution in [3.05, 3.63) is 0 Å². The third-order valence-corrected chi connectivity index (χ3v) is 3.34. The molecular weight excluding hydrogens is 200 g/mol. The van der Waals surface area contributed by atoms with Gasteiger partial charge in [0, 0.05) is 19.0 Å². The Hall–Kier alpha value is -1.01. The minimum absolute atomic E-state index is 0.122. The highest BCUT2D eigenvalue weighted by molar-refractivity contribution is 5.82. The molecule has 1 aliphatic heterocycles. The van der Waals surface area contributed by atoms with Crippen LogP contribution in [-0.2, 0) is 4.79 Å². The van der Waals surface area contributed by atoms with E-state index in [1.165, 1.54) is 0 Å². The molecule has 16 heavy (non-hydrogen) atoms. The molecule has 2 N–H and O–H groups in total. The van der Waals surface area contributed by atoms with E-state index in [1.807, 2.05) is 13.8 Å². The lowest BCUT2D eigenvalue weighted by atomic mass is 9.81. The lowest BCUT2D eigenvalue weighted by molar-refractivity contribution is -0.131. The smallest absolute Gasteiger partial charge is 0.227 e. The monoisotopic (exact) mass is 222 g/mol. The Kier molecular flexibility index (Phi) is 4.82. The first-order chi connectivity index (χ1) is 7.62. The largest absolute Gasteiger partial charge is 0.352 e. The maximum Gasteiger partial charge on any atom is 0.227 e. The minimum Gasteiger partial charge on any atom is -0.352 e. The third kappa shape index (κ3) is 3.24. The topological polar surface area (TPSA) is 41.1 Å². The average molecular weight is 222 g/mol. The highest BCUT2D eigenvalue weighted by Gasteiger charge is 2.35. The molecule has 0 bridgehead atoms. The molecule has 1 aliphatic rings. The van der Waals surface area contributed by atoms with Crippen molar-refractivity contribution < 1.29 is 4.79 Å². The molecule has 90 valence electrons. The Morgan fingerprint density at radius 3 is 2.94 bits per heavy atom. The summed E-state index contributed by atoms with van der Waals surface area (Å²) in [6.45, 7) is 5.86. The number of nitrogens with one attached hydrogen (secondary N) is 2. The maximum absolute atomic E-state index is 12.1.